The van der Waals surface area contributed by atoms with Gasteiger partial charge in [0.1, 0.15) is 19.8 Å². The van der Waals surface area contributed by atoms with Crippen LogP contribution in [0.15, 0.2) is 72.8 Å². The van der Waals surface area contributed by atoms with Crippen molar-refractivity contribution in [1.29, 1.82) is 0 Å². The van der Waals surface area contributed by atoms with Gasteiger partial charge in [-0.25, -0.2) is 0 Å². The molecule has 4 heteroatoms. The van der Waals surface area contributed by atoms with Crippen molar-refractivity contribution in [1.82, 2.24) is 0 Å². The lowest BCUT2D eigenvalue weighted by molar-refractivity contribution is -0.401. The minimum Gasteiger partial charge on any atom is -0.426 e. The molecule has 0 bridgehead atoms. The van der Waals surface area contributed by atoms with Crippen molar-refractivity contribution in [3.63, 3.8) is 0 Å². The summed E-state index contributed by atoms with van der Waals surface area (Å²) in [5.41, 5.74) is 10.5. The Hall–Kier alpha value is -4.05. The van der Waals surface area contributed by atoms with Crippen LogP contribution in [0.3, 0.4) is 0 Å². The first-order valence-electron chi connectivity index (χ1n) is 13.5. The molecule has 0 aliphatic carbocycles. The number of para-hydroxylation sites is 1. The lowest BCUT2D eigenvalue weighted by Gasteiger charge is -2.15. The van der Waals surface area contributed by atoms with Crippen molar-refractivity contribution < 1.29 is 18.7 Å². The van der Waals surface area contributed by atoms with Crippen LogP contribution in [0.2, 0.25) is 0 Å². The van der Waals surface area contributed by atoms with Gasteiger partial charge in [0.2, 0.25) is 11.4 Å². The summed E-state index contributed by atoms with van der Waals surface area (Å²) < 4.78 is 10.1. The third-order valence-electron chi connectivity index (χ3n) is 8.27. The number of hydrogen-bond donors (Lipinski definition) is 0. The third kappa shape index (κ3) is 4.58. The minimum atomic E-state index is -0.329. The highest BCUT2D eigenvalue weighted by atomic mass is 16.5. The SMILES string of the molecule is CC(=O)Oc1ccc(C=CC2=[N+](C)c3ccccc3C2(C)C)cc1C=CC1=[N+](C)c2cc(C)ccc2C1(C)C. The molecule has 0 radical (unpaired) electrons. The van der Waals surface area contributed by atoms with E-state index in [0.717, 1.165) is 11.1 Å². The molecule has 0 atom stereocenters. The van der Waals surface area contributed by atoms with E-state index < -0.39 is 0 Å². The van der Waals surface area contributed by atoms with Crippen LogP contribution in [0.1, 0.15) is 62.4 Å². The molecule has 2 heterocycles. The Kier molecular flexibility index (Phi) is 6.54. The van der Waals surface area contributed by atoms with E-state index in [4.69, 9.17) is 4.74 Å². The van der Waals surface area contributed by atoms with Gasteiger partial charge in [0.15, 0.2) is 11.4 Å². The average molecular weight is 519 g/mol. The van der Waals surface area contributed by atoms with Crippen LogP contribution in [0, 0.1) is 6.92 Å². The number of carbonyl (C=O) groups is 1. The van der Waals surface area contributed by atoms with Crippen LogP contribution in [-0.4, -0.2) is 40.6 Å². The van der Waals surface area contributed by atoms with Gasteiger partial charge in [-0.2, -0.15) is 9.15 Å². The normalized spacial score (nSPS) is 17.3. The first-order chi connectivity index (χ1) is 18.4. The summed E-state index contributed by atoms with van der Waals surface area (Å²) in [5.74, 6) is 0.228. The van der Waals surface area contributed by atoms with Crippen LogP contribution in [0.4, 0.5) is 11.4 Å². The maximum Gasteiger partial charge on any atom is 0.308 e. The Morgan fingerprint density at radius 1 is 0.744 bits per heavy atom. The average Bonchev–Trinajstić information content (AvgIpc) is 3.19. The predicted octanol–water partition coefficient (Wildman–Crippen LogP) is 7.36. The molecule has 0 N–H and O–H groups in total. The predicted molar refractivity (Wildman–Crippen MR) is 161 cm³/mol. The molecular formula is C35H38N2O2+2. The highest BCUT2D eigenvalue weighted by Gasteiger charge is 2.43. The summed E-state index contributed by atoms with van der Waals surface area (Å²) in [4.78, 5) is 11.9. The molecule has 3 aromatic rings. The fourth-order valence-electron chi connectivity index (χ4n) is 6.15. The lowest BCUT2D eigenvalue weighted by atomic mass is 9.81. The monoisotopic (exact) mass is 518 g/mol. The van der Waals surface area contributed by atoms with Crippen LogP contribution >= 0.6 is 0 Å². The number of nitrogens with zero attached hydrogens (tertiary/aromatic N) is 2. The van der Waals surface area contributed by atoms with Crippen molar-refractivity contribution in [2.75, 3.05) is 14.1 Å². The topological polar surface area (TPSA) is 32.3 Å². The Balaban J connectivity index is 1.51. The molecule has 0 unspecified atom stereocenters. The Morgan fingerprint density at radius 3 is 2.03 bits per heavy atom. The van der Waals surface area contributed by atoms with Crippen molar-refractivity contribution in [2.45, 2.75) is 52.4 Å². The van der Waals surface area contributed by atoms with E-state index in [-0.39, 0.29) is 16.8 Å². The molecule has 0 fully saturated rings. The molecular weight excluding hydrogens is 480 g/mol. The van der Waals surface area contributed by atoms with Gasteiger partial charge in [0.25, 0.3) is 0 Å². The number of rotatable bonds is 5. The van der Waals surface area contributed by atoms with Gasteiger partial charge in [-0.05, 0) is 70.0 Å². The van der Waals surface area contributed by atoms with E-state index in [2.05, 4.69) is 131 Å². The maximum atomic E-state index is 11.9. The van der Waals surface area contributed by atoms with Gasteiger partial charge < -0.3 is 4.74 Å². The second kappa shape index (κ2) is 9.60. The Labute approximate surface area is 232 Å². The highest BCUT2D eigenvalue weighted by Crippen LogP contribution is 2.41. The number of fused-ring (bicyclic) bond motifs is 2. The van der Waals surface area contributed by atoms with E-state index in [9.17, 15) is 4.79 Å². The third-order valence-corrected chi connectivity index (χ3v) is 8.27. The summed E-state index contributed by atoms with van der Waals surface area (Å²) in [6.45, 7) is 12.6. The molecule has 0 saturated heterocycles. The van der Waals surface area contributed by atoms with Gasteiger partial charge in [-0.3, -0.25) is 4.79 Å². The molecule has 0 spiro atoms. The molecule has 5 rings (SSSR count). The quantitative estimate of drug-likeness (QED) is 0.201. The van der Waals surface area contributed by atoms with Gasteiger partial charge in [0, 0.05) is 47.9 Å². The number of allylic oxidation sites excluding steroid dienone is 2. The maximum absolute atomic E-state index is 11.9. The summed E-state index contributed by atoms with van der Waals surface area (Å²) in [6.07, 6.45) is 8.57. The zero-order valence-electron chi connectivity index (χ0n) is 24.3. The van der Waals surface area contributed by atoms with Crippen molar-refractivity contribution in [2.24, 2.45) is 0 Å². The molecule has 0 amide bonds. The number of esters is 1. The van der Waals surface area contributed by atoms with Gasteiger partial charge in [0.05, 0.1) is 10.8 Å². The number of carbonyl (C=O) groups excluding carboxylic acids is 1. The number of ether oxygens (including phenoxy) is 1. The van der Waals surface area contributed by atoms with Crippen molar-refractivity contribution >= 4 is 40.9 Å². The summed E-state index contributed by atoms with van der Waals surface area (Å²) in [7, 11) is 4.25. The number of aryl methyl sites for hydroxylation is 1. The van der Waals surface area contributed by atoms with Crippen molar-refractivity contribution in [3.05, 3.63) is 101 Å². The standard InChI is InChI=1S/C35H38N2O2/c1-23-13-17-28-30(21-23)37(8)33(35(28,5)6)20-16-26-22-25(14-18-31(26)39-24(2)38)15-19-32-34(3,4)27-11-9-10-12-29(27)36(32)7/h9-22H,1-8H3/q+2. The molecule has 39 heavy (non-hydrogen) atoms. The zero-order valence-corrected chi connectivity index (χ0v) is 24.3. The smallest absolute Gasteiger partial charge is 0.308 e. The Bertz CT molecular complexity index is 1630. The van der Waals surface area contributed by atoms with Crippen molar-refractivity contribution in [3.8, 4) is 5.75 Å². The molecule has 3 aromatic carbocycles. The van der Waals surface area contributed by atoms with Crippen LogP contribution in [-0.2, 0) is 15.6 Å². The largest absolute Gasteiger partial charge is 0.426 e. The second-order valence-electron chi connectivity index (χ2n) is 11.7. The lowest BCUT2D eigenvalue weighted by Crippen LogP contribution is -2.26. The molecule has 2 aliphatic heterocycles. The molecule has 0 saturated carbocycles. The van der Waals surface area contributed by atoms with E-state index in [0.29, 0.717) is 5.75 Å². The van der Waals surface area contributed by atoms with E-state index in [1.54, 1.807) is 0 Å². The molecule has 2 aliphatic rings. The van der Waals surface area contributed by atoms with Gasteiger partial charge >= 0.3 is 5.97 Å². The van der Waals surface area contributed by atoms with Gasteiger partial charge in [-0.15, -0.1) is 0 Å². The van der Waals surface area contributed by atoms with Crippen LogP contribution in [0.5, 0.6) is 5.75 Å². The molecule has 198 valence electrons. The van der Waals surface area contributed by atoms with Crippen LogP contribution < -0.4 is 4.74 Å². The first kappa shape index (κ1) is 26.6. The Morgan fingerprint density at radius 2 is 1.36 bits per heavy atom. The first-order valence-corrected chi connectivity index (χ1v) is 13.5. The summed E-state index contributed by atoms with van der Waals surface area (Å²) >= 11 is 0. The van der Waals surface area contributed by atoms with E-state index >= 15 is 0 Å². The fourth-order valence-corrected chi connectivity index (χ4v) is 6.15. The van der Waals surface area contributed by atoms with Gasteiger partial charge in [-0.1, -0.05) is 36.4 Å². The van der Waals surface area contributed by atoms with E-state index in [1.807, 2.05) is 12.1 Å². The molecule has 0 aromatic heterocycles. The van der Waals surface area contributed by atoms with E-state index in [1.165, 1.54) is 46.4 Å². The number of hydrogen-bond acceptors (Lipinski definition) is 2. The zero-order chi connectivity index (χ0) is 28.1. The highest BCUT2D eigenvalue weighted by molar-refractivity contribution is 6.06. The minimum absolute atomic E-state index is 0.0924. The summed E-state index contributed by atoms with van der Waals surface area (Å²) in [5, 5.41) is 0. The summed E-state index contributed by atoms with van der Waals surface area (Å²) in [6, 6.07) is 21.2. The second-order valence-corrected chi connectivity index (χ2v) is 11.7. The van der Waals surface area contributed by atoms with Crippen LogP contribution in [0.25, 0.3) is 12.2 Å². The molecule has 4 nitrogen and oxygen atoms in total. The fraction of sp³-hybridized carbons (Fsp3) is 0.286. The number of benzene rings is 3.